The molecule has 1 heterocycles. The van der Waals surface area contributed by atoms with E-state index in [4.69, 9.17) is 5.26 Å². The molecule has 0 unspecified atom stereocenters. The summed E-state index contributed by atoms with van der Waals surface area (Å²) in [5, 5.41) is 11.3. The third-order valence-electron chi connectivity index (χ3n) is 2.07. The zero-order valence-electron chi connectivity index (χ0n) is 11.2. The fourth-order valence-electron chi connectivity index (χ4n) is 1.36. The van der Waals surface area contributed by atoms with E-state index in [1.165, 1.54) is 6.07 Å². The number of hydrogen-bond acceptors (Lipinski definition) is 5. The summed E-state index contributed by atoms with van der Waals surface area (Å²) in [6.07, 6.45) is 2.11. The summed E-state index contributed by atoms with van der Waals surface area (Å²) in [4.78, 5) is 15.6. The van der Waals surface area contributed by atoms with E-state index in [1.54, 1.807) is 6.07 Å². The second-order valence-electron chi connectivity index (χ2n) is 5.16. The molecule has 0 atom stereocenters. The predicted octanol–water partition coefficient (Wildman–Crippen LogP) is 0.885. The Bertz CT molecular complexity index is 652. The first-order chi connectivity index (χ1) is 8.54. The van der Waals surface area contributed by atoms with Gasteiger partial charge in [-0.3, -0.25) is 4.79 Å². The van der Waals surface area contributed by atoms with Gasteiger partial charge in [0.25, 0.3) is 5.91 Å². The summed E-state index contributed by atoms with van der Waals surface area (Å²) in [7, 11) is -3.59. The summed E-state index contributed by atoms with van der Waals surface area (Å²) < 4.78 is 22.8. The van der Waals surface area contributed by atoms with Gasteiger partial charge in [-0.15, -0.1) is 0 Å². The summed E-state index contributed by atoms with van der Waals surface area (Å²) in [6.45, 7) is 5.44. The van der Waals surface area contributed by atoms with Gasteiger partial charge in [-0.05, 0) is 26.8 Å². The number of nitrogens with one attached hydrogen (secondary N) is 1. The first-order valence-corrected chi connectivity index (χ1v) is 7.36. The third-order valence-corrected chi connectivity index (χ3v) is 3.10. The molecule has 1 N–H and O–H groups in total. The van der Waals surface area contributed by atoms with Crippen molar-refractivity contribution < 1.29 is 13.2 Å². The van der Waals surface area contributed by atoms with Gasteiger partial charge >= 0.3 is 0 Å². The molecule has 7 heteroatoms. The maximum atomic E-state index is 11.9. The van der Waals surface area contributed by atoms with Gasteiger partial charge in [0, 0.05) is 18.0 Å². The van der Waals surface area contributed by atoms with Gasteiger partial charge in [-0.25, -0.2) is 13.4 Å². The molecule has 1 amide bonds. The summed E-state index contributed by atoms with van der Waals surface area (Å²) >= 11 is 0. The maximum absolute atomic E-state index is 11.9. The molecule has 0 saturated heterocycles. The molecule has 0 spiro atoms. The van der Waals surface area contributed by atoms with E-state index in [0.29, 0.717) is 0 Å². The summed E-state index contributed by atoms with van der Waals surface area (Å²) in [5.41, 5.74) is -0.415. The number of amides is 1. The molecule has 1 aromatic rings. The monoisotopic (exact) mass is 281 g/mol. The summed E-state index contributed by atoms with van der Waals surface area (Å²) in [6, 6.07) is 2.97. The SMILES string of the molecule is CC(C)(C)NC(=O)c1cnc(S(C)(=O)=O)c(C#N)c1. The van der Waals surface area contributed by atoms with Crippen LogP contribution in [0.4, 0.5) is 0 Å². The van der Waals surface area contributed by atoms with Crippen LogP contribution in [0.1, 0.15) is 36.7 Å². The van der Waals surface area contributed by atoms with Crippen molar-refractivity contribution in [3.63, 3.8) is 0 Å². The van der Waals surface area contributed by atoms with Gasteiger partial charge in [0.15, 0.2) is 14.9 Å². The zero-order chi connectivity index (χ0) is 14.8. The van der Waals surface area contributed by atoms with Crippen molar-refractivity contribution in [1.82, 2.24) is 10.3 Å². The Balaban J connectivity index is 3.23. The normalized spacial score (nSPS) is 11.7. The Kier molecular flexibility index (Phi) is 3.96. The molecule has 1 rings (SSSR count). The van der Waals surface area contributed by atoms with E-state index in [-0.39, 0.29) is 16.2 Å². The van der Waals surface area contributed by atoms with E-state index >= 15 is 0 Å². The molecule has 0 bridgehead atoms. The van der Waals surface area contributed by atoms with Crippen LogP contribution in [0.15, 0.2) is 17.3 Å². The van der Waals surface area contributed by atoms with Gasteiger partial charge in [-0.1, -0.05) is 0 Å². The minimum absolute atomic E-state index is 0.135. The minimum atomic E-state index is -3.59. The van der Waals surface area contributed by atoms with Crippen LogP contribution in [0.3, 0.4) is 0 Å². The van der Waals surface area contributed by atoms with Crippen LogP contribution >= 0.6 is 0 Å². The van der Waals surface area contributed by atoms with Gasteiger partial charge in [0.05, 0.1) is 11.1 Å². The lowest BCUT2D eigenvalue weighted by Crippen LogP contribution is -2.40. The van der Waals surface area contributed by atoms with Crippen molar-refractivity contribution in [3.8, 4) is 6.07 Å². The quantitative estimate of drug-likeness (QED) is 0.867. The number of nitrogens with zero attached hydrogens (tertiary/aromatic N) is 2. The number of pyridine rings is 1. The van der Waals surface area contributed by atoms with Gasteiger partial charge in [-0.2, -0.15) is 5.26 Å². The molecule has 0 aliphatic heterocycles. The largest absolute Gasteiger partial charge is 0.347 e. The van der Waals surface area contributed by atoms with Crippen LogP contribution in [0.5, 0.6) is 0 Å². The molecule has 19 heavy (non-hydrogen) atoms. The fraction of sp³-hybridized carbons (Fsp3) is 0.417. The fourth-order valence-corrected chi connectivity index (χ4v) is 2.11. The smallest absolute Gasteiger partial charge is 0.253 e. The molecule has 0 aliphatic rings. The lowest BCUT2D eigenvalue weighted by Gasteiger charge is -2.20. The average molecular weight is 281 g/mol. The number of carbonyl (C=O) groups is 1. The van der Waals surface area contributed by atoms with Gasteiger partial charge in [0.1, 0.15) is 6.07 Å². The highest BCUT2D eigenvalue weighted by atomic mass is 32.2. The van der Waals surface area contributed by atoms with Crippen LogP contribution in [-0.2, 0) is 9.84 Å². The standard InChI is InChI=1S/C12H15N3O3S/c1-12(2,3)15-10(16)9-5-8(6-13)11(14-7-9)19(4,17)18/h5,7H,1-4H3,(H,15,16). The van der Waals surface area contributed by atoms with Crippen LogP contribution in [0.2, 0.25) is 0 Å². The molecular formula is C12H15N3O3S. The molecular weight excluding hydrogens is 266 g/mol. The second kappa shape index (κ2) is 4.97. The van der Waals surface area contributed by atoms with Crippen molar-refractivity contribution in [2.75, 3.05) is 6.26 Å². The Labute approximate surface area is 112 Å². The lowest BCUT2D eigenvalue weighted by atomic mass is 10.1. The van der Waals surface area contributed by atoms with E-state index in [2.05, 4.69) is 10.3 Å². The molecule has 0 aromatic carbocycles. The first-order valence-electron chi connectivity index (χ1n) is 5.47. The van der Waals surface area contributed by atoms with Crippen molar-refractivity contribution in [1.29, 1.82) is 5.26 Å². The van der Waals surface area contributed by atoms with E-state index < -0.39 is 21.3 Å². The number of sulfone groups is 1. The average Bonchev–Trinajstić information content (AvgIpc) is 2.24. The highest BCUT2D eigenvalue weighted by molar-refractivity contribution is 7.90. The molecule has 102 valence electrons. The third kappa shape index (κ3) is 4.03. The molecule has 0 radical (unpaired) electrons. The maximum Gasteiger partial charge on any atom is 0.253 e. The first kappa shape index (κ1) is 15.1. The number of carbonyl (C=O) groups excluding carboxylic acids is 1. The lowest BCUT2D eigenvalue weighted by molar-refractivity contribution is 0.0919. The number of aromatic nitrogens is 1. The topological polar surface area (TPSA) is 99.9 Å². The second-order valence-corrected chi connectivity index (χ2v) is 7.10. The molecule has 0 aliphatic carbocycles. The van der Waals surface area contributed by atoms with Crippen LogP contribution in [0, 0.1) is 11.3 Å². The van der Waals surface area contributed by atoms with Crippen LogP contribution in [0.25, 0.3) is 0 Å². The number of rotatable bonds is 2. The Morgan fingerprint density at radius 3 is 2.42 bits per heavy atom. The molecule has 0 fully saturated rings. The minimum Gasteiger partial charge on any atom is -0.347 e. The van der Waals surface area contributed by atoms with Crippen molar-refractivity contribution in [3.05, 3.63) is 23.4 Å². The Morgan fingerprint density at radius 1 is 1.42 bits per heavy atom. The summed E-state index contributed by atoms with van der Waals surface area (Å²) in [5.74, 6) is -0.406. The highest BCUT2D eigenvalue weighted by Crippen LogP contribution is 2.14. The molecule has 1 aromatic heterocycles. The van der Waals surface area contributed by atoms with E-state index in [9.17, 15) is 13.2 Å². The van der Waals surface area contributed by atoms with Crippen LogP contribution in [-0.4, -0.2) is 31.1 Å². The highest BCUT2D eigenvalue weighted by Gasteiger charge is 2.20. The van der Waals surface area contributed by atoms with Crippen LogP contribution < -0.4 is 5.32 Å². The Morgan fingerprint density at radius 2 is 2.00 bits per heavy atom. The van der Waals surface area contributed by atoms with Crippen molar-refractivity contribution >= 4 is 15.7 Å². The van der Waals surface area contributed by atoms with Crippen molar-refractivity contribution in [2.24, 2.45) is 0 Å². The zero-order valence-corrected chi connectivity index (χ0v) is 12.0. The molecule has 6 nitrogen and oxygen atoms in total. The van der Waals surface area contributed by atoms with E-state index in [1.807, 2.05) is 20.8 Å². The number of hydrogen-bond donors (Lipinski definition) is 1. The Hall–Kier alpha value is -1.94. The predicted molar refractivity (Wildman–Crippen MR) is 69.3 cm³/mol. The van der Waals surface area contributed by atoms with Gasteiger partial charge < -0.3 is 5.32 Å². The van der Waals surface area contributed by atoms with Crippen molar-refractivity contribution in [2.45, 2.75) is 31.3 Å². The number of nitriles is 1. The molecule has 0 saturated carbocycles. The van der Waals surface area contributed by atoms with Gasteiger partial charge in [0.2, 0.25) is 0 Å². The van der Waals surface area contributed by atoms with E-state index in [0.717, 1.165) is 12.5 Å².